The van der Waals surface area contributed by atoms with Gasteiger partial charge in [-0.3, -0.25) is 14.5 Å². The quantitative estimate of drug-likeness (QED) is 0.716. The van der Waals surface area contributed by atoms with Crippen molar-refractivity contribution in [2.75, 3.05) is 6.54 Å². The first-order valence-corrected chi connectivity index (χ1v) is 7.11. The Morgan fingerprint density at radius 3 is 2.76 bits per heavy atom. The Labute approximate surface area is 105 Å². The maximum atomic E-state index is 12.3. The third-order valence-electron chi connectivity index (χ3n) is 3.62. The summed E-state index contributed by atoms with van der Waals surface area (Å²) in [5.74, 6) is 0.193. The summed E-state index contributed by atoms with van der Waals surface area (Å²) in [6.45, 7) is 2.72. The van der Waals surface area contributed by atoms with E-state index in [4.69, 9.17) is 0 Å². The Kier molecular flexibility index (Phi) is 2.65. The second-order valence-electron chi connectivity index (χ2n) is 4.89. The van der Waals surface area contributed by atoms with Crippen molar-refractivity contribution in [3.63, 3.8) is 0 Å². The molecule has 0 aromatic rings. The lowest BCUT2D eigenvalue weighted by Crippen LogP contribution is -2.58. The fourth-order valence-corrected chi connectivity index (χ4v) is 3.40. The molecule has 2 unspecified atom stereocenters. The Balaban J connectivity index is 1.85. The zero-order chi connectivity index (χ0) is 12.0. The van der Waals surface area contributed by atoms with Gasteiger partial charge in [-0.15, -0.1) is 0 Å². The smallest absolute Gasteiger partial charge is 0.241 e. The van der Waals surface area contributed by atoms with Crippen LogP contribution in [0, 0.1) is 11.8 Å². The van der Waals surface area contributed by atoms with Gasteiger partial charge in [0.1, 0.15) is 5.92 Å². The van der Waals surface area contributed by atoms with Crippen LogP contribution in [0.4, 0.5) is 0 Å². The molecule has 2 amide bonds. The molecule has 2 heterocycles. The van der Waals surface area contributed by atoms with Crippen molar-refractivity contribution < 1.29 is 9.59 Å². The van der Waals surface area contributed by atoms with Gasteiger partial charge in [-0.2, -0.15) is 0 Å². The van der Waals surface area contributed by atoms with Gasteiger partial charge in [-0.25, -0.2) is 0 Å². The van der Waals surface area contributed by atoms with Crippen LogP contribution in [-0.4, -0.2) is 33.7 Å². The molecule has 1 aliphatic carbocycles. The third kappa shape index (κ3) is 1.76. The van der Waals surface area contributed by atoms with Crippen LogP contribution in [0.15, 0.2) is 11.6 Å². The van der Waals surface area contributed by atoms with Crippen LogP contribution < -0.4 is 0 Å². The summed E-state index contributed by atoms with van der Waals surface area (Å²) in [6, 6.07) is 0. The first-order valence-electron chi connectivity index (χ1n) is 6.17. The molecule has 2 aliphatic heterocycles. The molecule has 3 rings (SSSR count). The topological polar surface area (TPSA) is 40.6 Å². The van der Waals surface area contributed by atoms with Gasteiger partial charge in [0.25, 0.3) is 0 Å². The molecule has 2 atom stereocenters. The highest BCUT2D eigenvalue weighted by atomic mass is 32.2. The van der Waals surface area contributed by atoms with Gasteiger partial charge in [-0.05, 0) is 30.6 Å². The summed E-state index contributed by atoms with van der Waals surface area (Å²) in [6.07, 6.45) is 4.85. The van der Waals surface area contributed by atoms with E-state index in [-0.39, 0.29) is 17.3 Å². The second kappa shape index (κ2) is 4.05. The Bertz CT molecular complexity index is 388. The summed E-state index contributed by atoms with van der Waals surface area (Å²) >= 11 is 1.55. The Hall–Kier alpha value is -0.970. The summed E-state index contributed by atoms with van der Waals surface area (Å²) in [5.41, 5.74) is -0.113. The SMILES string of the molecule is CCC1C(=O)N2C=CSC2N(CC2CC2)C1=O. The summed E-state index contributed by atoms with van der Waals surface area (Å²) in [5, 5.41) is 1.91. The zero-order valence-electron chi connectivity index (χ0n) is 9.83. The molecule has 0 aromatic carbocycles. The lowest BCUT2D eigenvalue weighted by molar-refractivity contribution is -0.157. The van der Waals surface area contributed by atoms with E-state index in [1.807, 2.05) is 23.4 Å². The summed E-state index contributed by atoms with van der Waals surface area (Å²) in [4.78, 5) is 28.0. The predicted octanol–water partition coefficient (Wildman–Crippen LogP) is 1.59. The van der Waals surface area contributed by atoms with Crippen molar-refractivity contribution in [2.24, 2.45) is 11.8 Å². The van der Waals surface area contributed by atoms with Crippen LogP contribution in [0.2, 0.25) is 0 Å². The number of carbonyl (C=O) groups is 2. The first kappa shape index (κ1) is 11.1. The molecular formula is C12H16N2O2S. The molecule has 5 heteroatoms. The molecule has 0 spiro atoms. The number of fused-ring (bicyclic) bond motifs is 1. The van der Waals surface area contributed by atoms with Gasteiger partial charge in [0.2, 0.25) is 11.8 Å². The lowest BCUT2D eigenvalue weighted by atomic mass is 10.0. The highest BCUT2D eigenvalue weighted by Gasteiger charge is 2.47. The molecule has 0 bridgehead atoms. The predicted molar refractivity (Wildman–Crippen MR) is 65.6 cm³/mol. The van der Waals surface area contributed by atoms with Gasteiger partial charge in [0.05, 0.1) is 0 Å². The van der Waals surface area contributed by atoms with Crippen LogP contribution in [0.25, 0.3) is 0 Å². The number of nitrogens with zero attached hydrogens (tertiary/aromatic N) is 2. The molecule has 2 fully saturated rings. The van der Waals surface area contributed by atoms with E-state index >= 15 is 0 Å². The van der Waals surface area contributed by atoms with Gasteiger partial charge in [0, 0.05) is 12.7 Å². The maximum Gasteiger partial charge on any atom is 0.241 e. The van der Waals surface area contributed by atoms with E-state index in [0.29, 0.717) is 12.3 Å². The molecule has 1 saturated heterocycles. The average Bonchev–Trinajstić information content (AvgIpc) is 3.00. The first-order chi connectivity index (χ1) is 8.22. The van der Waals surface area contributed by atoms with E-state index in [1.54, 1.807) is 16.7 Å². The maximum absolute atomic E-state index is 12.3. The van der Waals surface area contributed by atoms with Crippen LogP contribution in [0.3, 0.4) is 0 Å². The molecule has 0 radical (unpaired) electrons. The van der Waals surface area contributed by atoms with E-state index in [2.05, 4.69) is 0 Å². The molecule has 4 nitrogen and oxygen atoms in total. The minimum atomic E-state index is -0.464. The number of amides is 2. The van der Waals surface area contributed by atoms with Crippen molar-refractivity contribution in [1.82, 2.24) is 9.80 Å². The summed E-state index contributed by atoms with van der Waals surface area (Å²) in [7, 11) is 0. The van der Waals surface area contributed by atoms with E-state index in [9.17, 15) is 9.59 Å². The lowest BCUT2D eigenvalue weighted by Gasteiger charge is -2.41. The number of carbonyl (C=O) groups excluding carboxylic acids is 2. The van der Waals surface area contributed by atoms with Crippen LogP contribution in [0.1, 0.15) is 26.2 Å². The number of rotatable bonds is 3. The zero-order valence-corrected chi connectivity index (χ0v) is 10.7. The number of thioether (sulfide) groups is 1. The van der Waals surface area contributed by atoms with Crippen molar-refractivity contribution in [1.29, 1.82) is 0 Å². The van der Waals surface area contributed by atoms with Crippen LogP contribution in [-0.2, 0) is 9.59 Å². The summed E-state index contributed by atoms with van der Waals surface area (Å²) < 4.78 is 0. The monoisotopic (exact) mass is 252 g/mol. The molecule has 0 aromatic heterocycles. The Morgan fingerprint density at radius 2 is 2.12 bits per heavy atom. The van der Waals surface area contributed by atoms with Crippen molar-refractivity contribution in [2.45, 2.75) is 31.7 Å². The van der Waals surface area contributed by atoms with Crippen molar-refractivity contribution in [3.8, 4) is 0 Å². The third-order valence-corrected chi connectivity index (χ3v) is 4.62. The second-order valence-corrected chi connectivity index (χ2v) is 5.85. The van der Waals surface area contributed by atoms with E-state index < -0.39 is 5.92 Å². The van der Waals surface area contributed by atoms with Crippen molar-refractivity contribution >= 4 is 23.6 Å². The van der Waals surface area contributed by atoms with E-state index in [0.717, 1.165) is 6.54 Å². The largest absolute Gasteiger partial charge is 0.312 e. The highest BCUT2D eigenvalue weighted by molar-refractivity contribution is 8.02. The van der Waals surface area contributed by atoms with Crippen LogP contribution in [0.5, 0.6) is 0 Å². The molecule has 1 saturated carbocycles. The van der Waals surface area contributed by atoms with Gasteiger partial charge < -0.3 is 4.90 Å². The fourth-order valence-electron chi connectivity index (χ4n) is 2.42. The van der Waals surface area contributed by atoms with Crippen LogP contribution >= 0.6 is 11.8 Å². The molecule has 0 N–H and O–H groups in total. The van der Waals surface area contributed by atoms with Crippen molar-refractivity contribution in [3.05, 3.63) is 11.6 Å². The van der Waals surface area contributed by atoms with Gasteiger partial charge in [-0.1, -0.05) is 18.7 Å². The molecule has 92 valence electrons. The average molecular weight is 252 g/mol. The number of hydrogen-bond acceptors (Lipinski definition) is 3. The van der Waals surface area contributed by atoms with E-state index in [1.165, 1.54) is 12.8 Å². The minimum Gasteiger partial charge on any atom is -0.312 e. The normalized spacial score (nSPS) is 32.3. The molecule has 3 aliphatic rings. The Morgan fingerprint density at radius 1 is 1.35 bits per heavy atom. The minimum absolute atomic E-state index is 0.0295. The highest BCUT2D eigenvalue weighted by Crippen LogP contribution is 2.39. The molecule has 17 heavy (non-hydrogen) atoms. The molecular weight excluding hydrogens is 236 g/mol. The number of hydrogen-bond donors (Lipinski definition) is 0. The standard InChI is InChI=1S/C12H16N2O2S/c1-2-9-10(15)13-5-6-17-12(13)14(11(9)16)7-8-3-4-8/h5-6,8-9,12H,2-4,7H2,1H3. The fraction of sp³-hybridized carbons (Fsp3) is 0.667. The van der Waals surface area contributed by atoms with Gasteiger partial charge in [0.15, 0.2) is 5.50 Å². The van der Waals surface area contributed by atoms with Gasteiger partial charge >= 0.3 is 0 Å².